The lowest BCUT2D eigenvalue weighted by molar-refractivity contribution is -0.117. The number of hydrogen-bond acceptors (Lipinski definition) is 6. The molecule has 1 fully saturated rings. The van der Waals surface area contributed by atoms with Gasteiger partial charge in [0.1, 0.15) is 10.8 Å². The zero-order valence-electron chi connectivity index (χ0n) is 16.2. The largest absolute Gasteiger partial charge is 0.312 e. The molecule has 2 heterocycles. The van der Waals surface area contributed by atoms with Gasteiger partial charge in [0, 0.05) is 29.5 Å². The van der Waals surface area contributed by atoms with Crippen LogP contribution in [0.3, 0.4) is 0 Å². The van der Waals surface area contributed by atoms with Crippen molar-refractivity contribution in [2.75, 3.05) is 22.5 Å². The SMILES string of the molecule is CCSc1ccccc1C(=O)Nc1nnc(C2CC(=O)N(c3ccc(F)cc3)C2)s1. The van der Waals surface area contributed by atoms with Crippen LogP contribution in [0.1, 0.15) is 34.6 Å². The maximum atomic E-state index is 13.2. The highest BCUT2D eigenvalue weighted by atomic mass is 32.2. The fourth-order valence-corrected chi connectivity index (χ4v) is 4.93. The number of anilines is 2. The van der Waals surface area contributed by atoms with Gasteiger partial charge in [0.2, 0.25) is 11.0 Å². The Balaban J connectivity index is 1.45. The Morgan fingerprint density at radius 1 is 1.23 bits per heavy atom. The van der Waals surface area contributed by atoms with E-state index in [1.165, 1.54) is 23.5 Å². The first kappa shape index (κ1) is 20.5. The van der Waals surface area contributed by atoms with E-state index in [0.717, 1.165) is 10.6 Å². The summed E-state index contributed by atoms with van der Waals surface area (Å²) >= 11 is 2.88. The van der Waals surface area contributed by atoms with Crippen LogP contribution in [-0.2, 0) is 4.79 Å². The summed E-state index contributed by atoms with van der Waals surface area (Å²) in [7, 11) is 0. The van der Waals surface area contributed by atoms with Crippen molar-refractivity contribution in [2.45, 2.75) is 24.2 Å². The number of halogens is 1. The van der Waals surface area contributed by atoms with Crippen LogP contribution in [0.25, 0.3) is 0 Å². The number of aromatic nitrogens is 2. The molecule has 1 saturated heterocycles. The van der Waals surface area contributed by atoms with Crippen LogP contribution in [0.4, 0.5) is 15.2 Å². The highest BCUT2D eigenvalue weighted by Gasteiger charge is 2.34. The molecule has 0 spiro atoms. The number of amides is 2. The molecule has 1 aliphatic heterocycles. The minimum absolute atomic E-state index is 0.0436. The summed E-state index contributed by atoms with van der Waals surface area (Å²) in [5, 5.41) is 12.2. The first-order valence-corrected chi connectivity index (χ1v) is 11.3. The normalized spacial score (nSPS) is 16.1. The van der Waals surface area contributed by atoms with E-state index in [9.17, 15) is 14.0 Å². The molecule has 30 heavy (non-hydrogen) atoms. The van der Waals surface area contributed by atoms with Crippen LogP contribution in [0.2, 0.25) is 0 Å². The van der Waals surface area contributed by atoms with Gasteiger partial charge in [-0.05, 0) is 42.2 Å². The molecule has 1 atom stereocenters. The number of carbonyl (C=O) groups excluding carboxylic acids is 2. The number of nitrogens with one attached hydrogen (secondary N) is 1. The molecule has 1 aliphatic rings. The summed E-state index contributed by atoms with van der Waals surface area (Å²) in [6.07, 6.45) is 0.302. The number of hydrogen-bond donors (Lipinski definition) is 1. The number of thioether (sulfide) groups is 1. The van der Waals surface area contributed by atoms with E-state index in [4.69, 9.17) is 0 Å². The quantitative estimate of drug-likeness (QED) is 0.567. The van der Waals surface area contributed by atoms with Crippen LogP contribution in [0.15, 0.2) is 53.4 Å². The molecule has 0 aliphatic carbocycles. The number of nitrogens with zero attached hydrogens (tertiary/aromatic N) is 3. The summed E-state index contributed by atoms with van der Waals surface area (Å²) < 4.78 is 13.2. The zero-order valence-corrected chi connectivity index (χ0v) is 17.8. The van der Waals surface area contributed by atoms with Gasteiger partial charge in [0.15, 0.2) is 0 Å². The highest BCUT2D eigenvalue weighted by molar-refractivity contribution is 7.99. The molecule has 1 aromatic heterocycles. The first-order valence-electron chi connectivity index (χ1n) is 9.47. The molecule has 9 heteroatoms. The van der Waals surface area contributed by atoms with Crippen molar-refractivity contribution in [1.29, 1.82) is 0 Å². The lowest BCUT2D eigenvalue weighted by Gasteiger charge is -2.16. The minimum atomic E-state index is -0.342. The molecule has 2 amide bonds. The fourth-order valence-electron chi connectivity index (χ4n) is 3.29. The third kappa shape index (κ3) is 4.36. The second kappa shape index (κ2) is 8.93. The molecule has 0 radical (unpaired) electrons. The number of rotatable bonds is 6. The third-order valence-electron chi connectivity index (χ3n) is 4.71. The van der Waals surface area contributed by atoms with E-state index in [1.807, 2.05) is 25.1 Å². The maximum absolute atomic E-state index is 13.2. The number of carbonyl (C=O) groups is 2. The van der Waals surface area contributed by atoms with Gasteiger partial charge in [-0.25, -0.2) is 4.39 Å². The lowest BCUT2D eigenvalue weighted by atomic mass is 10.1. The Kier molecular flexibility index (Phi) is 6.10. The van der Waals surface area contributed by atoms with Crippen molar-refractivity contribution in [3.05, 3.63) is 64.9 Å². The standard InChI is InChI=1S/C21H19FN4O2S2/c1-2-29-17-6-4-3-5-16(17)19(28)23-21-25-24-20(30-21)13-11-18(27)26(12-13)15-9-7-14(22)8-10-15/h3-10,13H,2,11-12H2,1H3,(H,23,25,28). The molecule has 0 bridgehead atoms. The van der Waals surface area contributed by atoms with Crippen LogP contribution in [-0.4, -0.2) is 34.3 Å². The predicted molar refractivity (Wildman–Crippen MR) is 117 cm³/mol. The predicted octanol–water partition coefficient (Wildman–Crippen LogP) is 4.56. The van der Waals surface area contributed by atoms with E-state index in [0.29, 0.717) is 34.4 Å². The minimum Gasteiger partial charge on any atom is -0.312 e. The zero-order chi connectivity index (χ0) is 21.1. The lowest BCUT2D eigenvalue weighted by Crippen LogP contribution is -2.24. The second-order valence-corrected chi connectivity index (χ2v) is 9.03. The van der Waals surface area contributed by atoms with Crippen molar-refractivity contribution in [1.82, 2.24) is 10.2 Å². The smallest absolute Gasteiger partial charge is 0.258 e. The van der Waals surface area contributed by atoms with Crippen molar-refractivity contribution in [2.24, 2.45) is 0 Å². The summed E-state index contributed by atoms with van der Waals surface area (Å²) in [6, 6.07) is 13.3. The van der Waals surface area contributed by atoms with Crippen LogP contribution in [0.5, 0.6) is 0 Å². The van der Waals surface area contributed by atoms with Gasteiger partial charge in [0.05, 0.1) is 5.56 Å². The molecule has 4 rings (SSSR count). The topological polar surface area (TPSA) is 75.2 Å². The maximum Gasteiger partial charge on any atom is 0.258 e. The molecular formula is C21H19FN4O2S2. The van der Waals surface area contributed by atoms with Crippen molar-refractivity contribution in [3.8, 4) is 0 Å². The van der Waals surface area contributed by atoms with Gasteiger partial charge in [-0.3, -0.25) is 14.9 Å². The first-order chi connectivity index (χ1) is 14.5. The van der Waals surface area contributed by atoms with Crippen molar-refractivity contribution >= 4 is 45.7 Å². The van der Waals surface area contributed by atoms with E-state index in [-0.39, 0.29) is 23.5 Å². The summed E-state index contributed by atoms with van der Waals surface area (Å²) in [6.45, 7) is 2.48. The van der Waals surface area contributed by atoms with Crippen LogP contribution >= 0.6 is 23.1 Å². The molecule has 154 valence electrons. The Morgan fingerprint density at radius 2 is 2.00 bits per heavy atom. The van der Waals surface area contributed by atoms with Crippen LogP contribution in [0, 0.1) is 5.82 Å². The molecule has 2 aromatic carbocycles. The van der Waals surface area contributed by atoms with E-state index in [1.54, 1.807) is 34.9 Å². The Hall–Kier alpha value is -2.78. The van der Waals surface area contributed by atoms with Gasteiger partial charge < -0.3 is 4.90 Å². The molecule has 0 saturated carbocycles. The van der Waals surface area contributed by atoms with E-state index < -0.39 is 0 Å². The van der Waals surface area contributed by atoms with Gasteiger partial charge >= 0.3 is 0 Å². The Bertz CT molecular complexity index is 1070. The highest BCUT2D eigenvalue weighted by Crippen LogP contribution is 2.34. The summed E-state index contributed by atoms with van der Waals surface area (Å²) in [4.78, 5) is 27.6. The average Bonchev–Trinajstić information content (AvgIpc) is 3.36. The molecule has 1 N–H and O–H groups in total. The molecule has 1 unspecified atom stereocenters. The van der Waals surface area contributed by atoms with Crippen LogP contribution < -0.4 is 10.2 Å². The fraction of sp³-hybridized carbons (Fsp3) is 0.238. The molecular weight excluding hydrogens is 423 g/mol. The third-order valence-corrected chi connectivity index (χ3v) is 6.66. The van der Waals surface area contributed by atoms with E-state index >= 15 is 0 Å². The van der Waals surface area contributed by atoms with Gasteiger partial charge in [-0.2, -0.15) is 0 Å². The average molecular weight is 443 g/mol. The van der Waals surface area contributed by atoms with Gasteiger partial charge in [0.25, 0.3) is 5.91 Å². The van der Waals surface area contributed by atoms with Crippen molar-refractivity contribution < 1.29 is 14.0 Å². The summed E-state index contributed by atoms with van der Waals surface area (Å²) in [5.74, 6) is 0.134. The molecule has 6 nitrogen and oxygen atoms in total. The molecule has 3 aromatic rings. The second-order valence-electron chi connectivity index (χ2n) is 6.71. The monoisotopic (exact) mass is 442 g/mol. The number of benzene rings is 2. The Labute approximate surface area is 181 Å². The van der Waals surface area contributed by atoms with Gasteiger partial charge in [-0.15, -0.1) is 22.0 Å². The Morgan fingerprint density at radius 3 is 2.77 bits per heavy atom. The van der Waals surface area contributed by atoms with Crippen molar-refractivity contribution in [3.63, 3.8) is 0 Å². The van der Waals surface area contributed by atoms with Gasteiger partial charge in [-0.1, -0.05) is 30.4 Å². The van der Waals surface area contributed by atoms with E-state index in [2.05, 4.69) is 15.5 Å². The summed E-state index contributed by atoms with van der Waals surface area (Å²) in [5.41, 5.74) is 1.26.